The van der Waals surface area contributed by atoms with Crippen LogP contribution >= 0.6 is 0 Å². The molecular formula is C25H29FN2O3S. The smallest absolute Gasteiger partial charge is 0.286 e. The van der Waals surface area contributed by atoms with Gasteiger partial charge in [-0.15, -0.1) is 0 Å². The van der Waals surface area contributed by atoms with Crippen molar-refractivity contribution in [2.75, 3.05) is 13.1 Å². The molecule has 0 aliphatic rings. The molecule has 32 heavy (non-hydrogen) atoms. The maximum Gasteiger partial charge on any atom is 0.286 e. The number of carbonyl (C=O) groups is 1. The first-order valence-corrected chi connectivity index (χ1v) is 12.0. The van der Waals surface area contributed by atoms with Crippen molar-refractivity contribution < 1.29 is 17.8 Å². The molecule has 0 aliphatic heterocycles. The molecule has 170 valence electrons. The molecule has 3 rings (SSSR count). The third kappa shape index (κ3) is 7.14. The maximum absolute atomic E-state index is 13.0. The Kier molecular flexibility index (Phi) is 8.76. The van der Waals surface area contributed by atoms with Gasteiger partial charge in [0.2, 0.25) is 0 Å². The zero-order valence-corrected chi connectivity index (χ0v) is 19.2. The predicted octanol–water partition coefficient (Wildman–Crippen LogP) is 4.76. The van der Waals surface area contributed by atoms with Crippen LogP contribution in [0.5, 0.6) is 0 Å². The Labute approximate surface area is 191 Å². The van der Waals surface area contributed by atoms with E-state index in [-0.39, 0.29) is 23.2 Å². The van der Waals surface area contributed by atoms with Gasteiger partial charge >= 0.3 is 0 Å². The Hall–Kier alpha value is -2.77. The van der Waals surface area contributed by atoms with E-state index in [2.05, 4.69) is 36.2 Å². The molecule has 0 saturated carbocycles. The highest BCUT2D eigenvalue weighted by atomic mass is 32.2. The Morgan fingerprint density at radius 1 is 1.06 bits per heavy atom. The molecule has 0 bridgehead atoms. The summed E-state index contributed by atoms with van der Waals surface area (Å²) in [6.45, 7) is 6.62. The van der Waals surface area contributed by atoms with Crippen LogP contribution in [-0.2, 0) is 23.1 Å². The van der Waals surface area contributed by atoms with Gasteiger partial charge in [0.25, 0.3) is 5.91 Å². The third-order valence-electron chi connectivity index (χ3n) is 5.10. The molecule has 0 saturated heterocycles. The molecule has 3 aromatic rings. The predicted molar refractivity (Wildman–Crippen MR) is 124 cm³/mol. The molecule has 7 heteroatoms. The topological polar surface area (TPSA) is 62.6 Å². The lowest BCUT2D eigenvalue weighted by molar-refractivity contribution is 0.0921. The average molecular weight is 457 g/mol. The number of hydrogen-bond acceptors (Lipinski definition) is 4. The fourth-order valence-electron chi connectivity index (χ4n) is 3.29. The minimum atomic E-state index is -1.37. The second kappa shape index (κ2) is 11.7. The first kappa shape index (κ1) is 23.9. The van der Waals surface area contributed by atoms with Crippen molar-refractivity contribution in [1.82, 2.24) is 10.2 Å². The Morgan fingerprint density at radius 3 is 2.47 bits per heavy atom. The summed E-state index contributed by atoms with van der Waals surface area (Å²) in [5.41, 5.74) is 1.27. The first-order valence-electron chi connectivity index (χ1n) is 10.7. The molecule has 0 radical (unpaired) electrons. The molecule has 2 aromatic carbocycles. The van der Waals surface area contributed by atoms with Gasteiger partial charge < -0.3 is 9.73 Å². The van der Waals surface area contributed by atoms with Gasteiger partial charge in [-0.05, 0) is 62.2 Å². The highest BCUT2D eigenvalue weighted by Gasteiger charge is 2.14. The Balaban J connectivity index is 1.44. The lowest BCUT2D eigenvalue weighted by Crippen LogP contribution is -2.34. The molecule has 1 N–H and O–H groups in total. The van der Waals surface area contributed by atoms with Gasteiger partial charge in [-0.2, -0.15) is 0 Å². The summed E-state index contributed by atoms with van der Waals surface area (Å²) in [5.74, 6) is 0.108. The van der Waals surface area contributed by atoms with Gasteiger partial charge in [0, 0.05) is 30.6 Å². The Bertz CT molecular complexity index is 1020. The number of benzene rings is 2. The van der Waals surface area contributed by atoms with Crippen LogP contribution < -0.4 is 5.32 Å². The Morgan fingerprint density at radius 2 is 1.78 bits per heavy atom. The van der Waals surface area contributed by atoms with Crippen molar-refractivity contribution in [3.8, 4) is 0 Å². The minimum absolute atomic E-state index is 0.127. The first-order chi connectivity index (χ1) is 15.4. The van der Waals surface area contributed by atoms with E-state index in [1.54, 1.807) is 12.1 Å². The molecule has 1 aromatic heterocycles. The summed E-state index contributed by atoms with van der Waals surface area (Å²) in [4.78, 5) is 15.3. The van der Waals surface area contributed by atoms with Gasteiger partial charge in [-0.25, -0.2) is 4.39 Å². The molecule has 1 heterocycles. The lowest BCUT2D eigenvalue weighted by atomic mass is 10.2. The molecule has 1 amide bonds. The van der Waals surface area contributed by atoms with E-state index in [0.717, 1.165) is 19.5 Å². The van der Waals surface area contributed by atoms with Crippen LogP contribution in [0.4, 0.5) is 4.39 Å². The average Bonchev–Trinajstić information content (AvgIpc) is 3.25. The van der Waals surface area contributed by atoms with Gasteiger partial charge in [0.15, 0.2) is 5.76 Å². The van der Waals surface area contributed by atoms with Crippen molar-refractivity contribution >= 4 is 16.7 Å². The van der Waals surface area contributed by atoms with Crippen molar-refractivity contribution in [1.29, 1.82) is 0 Å². The number of hydrogen-bond donors (Lipinski definition) is 1. The van der Waals surface area contributed by atoms with Gasteiger partial charge in [-0.1, -0.05) is 30.3 Å². The van der Waals surface area contributed by atoms with E-state index >= 15 is 0 Å². The molecule has 0 unspecified atom stereocenters. The second-order valence-corrected chi connectivity index (χ2v) is 9.32. The quantitative estimate of drug-likeness (QED) is 0.423. The standard InChI is InChI=1S/C25H29FN2O3S/c1-19(2)28(17-20-7-4-3-5-8-20)16-6-15-27-25(29)24-14-11-22(31-24)18-32(30)23-12-9-21(26)10-13-23/h3-5,7-14,19H,6,15-18H2,1-2H3,(H,27,29)/t32-/m1/s1. The van der Waals surface area contributed by atoms with Crippen LogP contribution in [0.15, 0.2) is 76.0 Å². The number of furan rings is 1. The van der Waals surface area contributed by atoms with Crippen LogP contribution in [0.25, 0.3) is 0 Å². The van der Waals surface area contributed by atoms with Crippen LogP contribution in [0, 0.1) is 5.82 Å². The van der Waals surface area contributed by atoms with Gasteiger partial charge in [0.1, 0.15) is 11.6 Å². The normalized spacial score (nSPS) is 12.3. The fraction of sp³-hybridized carbons (Fsp3) is 0.320. The van der Waals surface area contributed by atoms with Crippen LogP contribution in [-0.4, -0.2) is 34.1 Å². The van der Waals surface area contributed by atoms with Crippen LogP contribution in [0.1, 0.15) is 42.1 Å². The highest BCUT2D eigenvalue weighted by molar-refractivity contribution is 7.84. The number of rotatable bonds is 11. The molecule has 0 spiro atoms. The van der Waals surface area contributed by atoms with E-state index in [9.17, 15) is 13.4 Å². The maximum atomic E-state index is 13.0. The summed E-state index contributed by atoms with van der Waals surface area (Å²) in [5, 5.41) is 2.88. The van der Waals surface area contributed by atoms with E-state index in [1.807, 2.05) is 18.2 Å². The summed E-state index contributed by atoms with van der Waals surface area (Å²) in [7, 11) is -1.37. The summed E-state index contributed by atoms with van der Waals surface area (Å²) < 4.78 is 31.0. The van der Waals surface area contributed by atoms with E-state index < -0.39 is 10.8 Å². The lowest BCUT2D eigenvalue weighted by Gasteiger charge is -2.26. The third-order valence-corrected chi connectivity index (χ3v) is 6.45. The number of amides is 1. The van der Waals surface area contributed by atoms with Crippen LogP contribution in [0.2, 0.25) is 0 Å². The monoisotopic (exact) mass is 456 g/mol. The van der Waals surface area contributed by atoms with Gasteiger partial charge in [0.05, 0.1) is 16.6 Å². The van der Waals surface area contributed by atoms with Crippen molar-refractivity contribution in [2.45, 2.75) is 43.5 Å². The highest BCUT2D eigenvalue weighted by Crippen LogP contribution is 2.16. The molecule has 1 atom stereocenters. The summed E-state index contributed by atoms with van der Waals surface area (Å²) in [6.07, 6.45) is 0.818. The fourth-order valence-corrected chi connectivity index (χ4v) is 4.31. The largest absolute Gasteiger partial charge is 0.455 e. The zero-order valence-electron chi connectivity index (χ0n) is 18.4. The summed E-state index contributed by atoms with van der Waals surface area (Å²) in [6, 6.07) is 19.5. The number of carbonyl (C=O) groups excluding carboxylic acids is 1. The minimum Gasteiger partial charge on any atom is -0.455 e. The van der Waals surface area contributed by atoms with E-state index in [4.69, 9.17) is 4.42 Å². The molecule has 0 aliphatic carbocycles. The molecular weight excluding hydrogens is 427 g/mol. The van der Waals surface area contributed by atoms with E-state index in [1.165, 1.54) is 29.8 Å². The van der Waals surface area contributed by atoms with Crippen molar-refractivity contribution in [3.63, 3.8) is 0 Å². The number of halogens is 1. The van der Waals surface area contributed by atoms with Crippen LogP contribution in [0.3, 0.4) is 0 Å². The zero-order chi connectivity index (χ0) is 22.9. The number of nitrogens with zero attached hydrogens (tertiary/aromatic N) is 1. The van der Waals surface area contributed by atoms with Crippen molar-refractivity contribution in [2.24, 2.45) is 0 Å². The van der Waals surface area contributed by atoms with E-state index in [0.29, 0.717) is 23.2 Å². The summed E-state index contributed by atoms with van der Waals surface area (Å²) >= 11 is 0. The molecule has 0 fully saturated rings. The number of nitrogens with one attached hydrogen (secondary N) is 1. The SMILES string of the molecule is CC(C)N(CCCNC(=O)c1ccc(C[S@@](=O)c2ccc(F)cc2)o1)Cc1ccccc1. The molecule has 5 nitrogen and oxygen atoms in total. The second-order valence-electron chi connectivity index (χ2n) is 7.87. The van der Waals surface area contributed by atoms with Gasteiger partial charge in [-0.3, -0.25) is 13.9 Å². The van der Waals surface area contributed by atoms with Crippen molar-refractivity contribution in [3.05, 3.63) is 89.6 Å².